The number of aliphatic hydroxyl groups is 2. The lowest BCUT2D eigenvalue weighted by atomic mass is 9.91. The van der Waals surface area contributed by atoms with E-state index in [2.05, 4.69) is 29.4 Å². The molecule has 0 saturated heterocycles. The summed E-state index contributed by atoms with van der Waals surface area (Å²) in [5.41, 5.74) is -10.4. The van der Waals surface area contributed by atoms with Gasteiger partial charge in [0.1, 0.15) is 10.0 Å². The van der Waals surface area contributed by atoms with Gasteiger partial charge >= 0.3 is 49.1 Å². The summed E-state index contributed by atoms with van der Waals surface area (Å²) in [7, 11) is 0. The van der Waals surface area contributed by atoms with Crippen LogP contribution in [-0.2, 0) is 24.0 Å². The van der Waals surface area contributed by atoms with E-state index < -0.39 is 82.1 Å². The van der Waals surface area contributed by atoms with E-state index in [0.717, 1.165) is 24.5 Å². The topological polar surface area (TPSA) is 169 Å². The minimum atomic E-state index is -6.13. The smallest absolute Gasteiger partial charge is 0.433 e. The Kier molecular flexibility index (Phi) is 16.5. The van der Waals surface area contributed by atoms with Gasteiger partial charge in [0.2, 0.25) is 5.56 Å². The van der Waals surface area contributed by atoms with E-state index in [9.17, 15) is 90.0 Å². The monoisotopic (exact) mass is 1140 g/mol. The summed E-state index contributed by atoms with van der Waals surface area (Å²) in [6, 6.07) is 12.9. The van der Waals surface area contributed by atoms with Crippen molar-refractivity contribution in [3.8, 4) is 23.0 Å². The molecule has 2 unspecified atom stereocenters. The average Bonchev–Trinajstić information content (AvgIpc) is 4.22. The summed E-state index contributed by atoms with van der Waals surface area (Å²) < 4.78 is 233. The molecule has 4 N–H and O–H groups in total. The molecule has 0 aliphatic heterocycles. The van der Waals surface area contributed by atoms with Crippen molar-refractivity contribution in [2.45, 2.75) is 112 Å². The first-order valence-corrected chi connectivity index (χ1v) is 23.5. The molecule has 2 aliphatic rings. The lowest BCUT2D eigenvalue weighted by Gasteiger charge is -2.30. The Morgan fingerprint density at radius 3 is 1.38 bits per heavy atom. The fourth-order valence-electron chi connectivity index (χ4n) is 7.23. The number of alkyl halides is 16. The van der Waals surface area contributed by atoms with Gasteiger partial charge in [-0.05, 0) is 85.5 Å². The zero-order valence-electron chi connectivity index (χ0n) is 37.9. The summed E-state index contributed by atoms with van der Waals surface area (Å²) in [6.45, 7) is -6.36. The fraction of sp³-hybridized carbons (Fsp3) is 0.391. The second-order valence-corrected chi connectivity index (χ2v) is 19.1. The Balaban J connectivity index is 0.000000221. The number of nitrogens with one attached hydrogen (secondary N) is 2. The highest BCUT2D eigenvalue weighted by atomic mass is 32.1. The number of benzene rings is 2. The third-order valence-electron chi connectivity index (χ3n) is 11.4. The Hall–Kier alpha value is -6.40. The van der Waals surface area contributed by atoms with Crippen molar-refractivity contribution in [2.24, 2.45) is 0 Å². The number of H-pyrrole nitrogens is 2. The molecule has 76 heavy (non-hydrogen) atoms. The SMILES string of the molecule is O=c1[nH]cccc1CC(c1ccc(OC(F)F)c(OC2CC2)c1)c1cnc(C(O)(C(F)(F)F)C(F)(F)F)s1.O=c1ccc(CC(c2ccc(OC(F)F)c(OC3CC3)c2)c2cnc(C(O)(C(F)(F)F)C(F)(F)F)s2)c[nH]1. The highest BCUT2D eigenvalue weighted by Crippen LogP contribution is 2.54. The molecule has 0 amide bonds. The molecule has 2 atom stereocenters. The Labute approximate surface area is 423 Å². The van der Waals surface area contributed by atoms with Crippen molar-refractivity contribution in [2.75, 3.05) is 0 Å². The van der Waals surface area contributed by atoms with Crippen molar-refractivity contribution >= 4 is 22.7 Å². The molecule has 0 radical (unpaired) electrons. The van der Waals surface area contributed by atoms with E-state index in [4.69, 9.17) is 9.47 Å². The van der Waals surface area contributed by atoms with Gasteiger partial charge in [-0.3, -0.25) is 9.59 Å². The highest BCUT2D eigenvalue weighted by molar-refractivity contribution is 7.12. The normalized spacial score (nSPS) is 15.5. The number of aromatic nitrogens is 4. The lowest BCUT2D eigenvalue weighted by molar-refractivity contribution is -0.376. The van der Waals surface area contributed by atoms with Crippen LogP contribution in [0.15, 0.2) is 95.0 Å². The molecule has 0 spiro atoms. The third kappa shape index (κ3) is 12.9. The van der Waals surface area contributed by atoms with Crippen LogP contribution < -0.4 is 30.1 Å². The summed E-state index contributed by atoms with van der Waals surface area (Å²) in [4.78, 5) is 34.9. The zero-order valence-corrected chi connectivity index (χ0v) is 39.5. The molecule has 0 bridgehead atoms. The van der Waals surface area contributed by atoms with Crippen molar-refractivity contribution < 1.29 is 99.4 Å². The molecule has 4 aromatic heterocycles. The van der Waals surface area contributed by atoms with Crippen LogP contribution in [0, 0.1) is 0 Å². The van der Waals surface area contributed by atoms with Gasteiger partial charge in [-0.2, -0.15) is 70.2 Å². The zero-order chi connectivity index (χ0) is 55.8. The van der Waals surface area contributed by atoms with Gasteiger partial charge in [-0.15, -0.1) is 22.7 Å². The first kappa shape index (κ1) is 57.3. The van der Waals surface area contributed by atoms with Gasteiger partial charge < -0.3 is 39.1 Å². The predicted octanol–water partition coefficient (Wildman–Crippen LogP) is 11.3. The van der Waals surface area contributed by atoms with E-state index in [1.54, 1.807) is 0 Å². The molecule has 12 nitrogen and oxygen atoms in total. The highest BCUT2D eigenvalue weighted by Gasteiger charge is 2.74. The maximum absolute atomic E-state index is 13.4. The van der Waals surface area contributed by atoms with Crippen LogP contribution in [0.3, 0.4) is 0 Å². The number of hydrogen-bond acceptors (Lipinski definition) is 12. The summed E-state index contributed by atoms with van der Waals surface area (Å²) in [5, 5.41) is 16.2. The van der Waals surface area contributed by atoms with E-state index in [1.165, 1.54) is 60.9 Å². The van der Waals surface area contributed by atoms with E-state index in [1.807, 2.05) is 0 Å². The molecule has 8 rings (SSSR count). The quantitative estimate of drug-likeness (QED) is 0.0608. The minimum absolute atomic E-state index is 0.000753. The predicted molar refractivity (Wildman–Crippen MR) is 235 cm³/mol. The van der Waals surface area contributed by atoms with Gasteiger partial charge in [0.15, 0.2) is 23.0 Å². The molecule has 2 aromatic carbocycles. The minimum Gasteiger partial charge on any atom is -0.487 e. The number of hydrogen-bond donors (Lipinski definition) is 4. The molecule has 412 valence electrons. The largest absolute Gasteiger partial charge is 0.487 e. The van der Waals surface area contributed by atoms with Gasteiger partial charge in [0, 0.05) is 58.0 Å². The van der Waals surface area contributed by atoms with Crippen molar-refractivity contribution in [1.29, 1.82) is 0 Å². The van der Waals surface area contributed by atoms with Crippen LogP contribution in [0.2, 0.25) is 0 Å². The second-order valence-electron chi connectivity index (χ2n) is 17.0. The molecular weight excluding hydrogens is 1100 g/mol. The fourth-order valence-corrected chi connectivity index (χ4v) is 9.58. The summed E-state index contributed by atoms with van der Waals surface area (Å²) >= 11 is -0.0361. The number of ether oxygens (including phenoxy) is 4. The summed E-state index contributed by atoms with van der Waals surface area (Å²) in [5.74, 6) is -2.85. The van der Waals surface area contributed by atoms with Crippen LogP contribution in [0.1, 0.15) is 79.5 Å². The van der Waals surface area contributed by atoms with Crippen LogP contribution in [0.4, 0.5) is 70.2 Å². The van der Waals surface area contributed by atoms with Crippen LogP contribution in [0.25, 0.3) is 0 Å². The van der Waals surface area contributed by atoms with Crippen LogP contribution >= 0.6 is 22.7 Å². The van der Waals surface area contributed by atoms with Gasteiger partial charge in [0.05, 0.1) is 12.2 Å². The van der Waals surface area contributed by atoms with Crippen molar-refractivity contribution in [1.82, 2.24) is 19.9 Å². The third-order valence-corrected chi connectivity index (χ3v) is 13.9. The molecule has 2 aliphatic carbocycles. The first-order valence-electron chi connectivity index (χ1n) is 21.9. The van der Waals surface area contributed by atoms with Crippen LogP contribution in [-0.4, -0.2) is 80.3 Å². The number of rotatable bonds is 18. The van der Waals surface area contributed by atoms with E-state index in [0.29, 0.717) is 31.2 Å². The molecular formula is C46H36F16N4O8S2. The average molecular weight is 1140 g/mol. The Morgan fingerprint density at radius 2 is 1.01 bits per heavy atom. The van der Waals surface area contributed by atoms with Gasteiger partial charge in [0.25, 0.3) is 5.56 Å². The Bertz CT molecular complexity index is 3030. The Morgan fingerprint density at radius 1 is 0.579 bits per heavy atom. The lowest BCUT2D eigenvalue weighted by Crippen LogP contribution is -2.53. The standard InChI is InChI=1S/2C23H18F8N2O4S/c24-20(25)37-15-5-2-12(8-16(15)36-13-3-4-13)14(7-11-1-6-18(34)32-9-11)17-10-33-19(38-17)21(35,22(26,27)28)23(29,30)31;24-20(25)37-15-6-3-11(9-16(15)36-13-4-5-13)14(8-12-2-1-7-32-18(12)34)17-10-33-19(38-17)21(35,22(26,27)28)23(29,30)31/h1-2,5-6,8-10,13-14,20,35H,3-4,7H2,(H,32,34);1-3,6-7,9-10,13-14,20,35H,4-5,8H2,(H,32,34). The number of thiazole rings is 2. The summed E-state index contributed by atoms with van der Waals surface area (Å²) in [6.07, 6.45) is -18.5. The second kappa shape index (κ2) is 21.9. The number of halogens is 16. The van der Waals surface area contributed by atoms with Crippen LogP contribution in [0.5, 0.6) is 23.0 Å². The molecule has 2 fully saturated rings. The van der Waals surface area contributed by atoms with Gasteiger partial charge in [-0.1, -0.05) is 24.3 Å². The number of aromatic amines is 2. The first-order chi connectivity index (χ1) is 35.4. The van der Waals surface area contributed by atoms with Gasteiger partial charge in [-0.25, -0.2) is 9.97 Å². The maximum atomic E-state index is 13.4. The molecule has 4 heterocycles. The van der Waals surface area contributed by atoms with Crippen molar-refractivity contribution in [3.63, 3.8) is 0 Å². The number of pyridine rings is 2. The molecule has 6 aromatic rings. The van der Waals surface area contributed by atoms with Crippen molar-refractivity contribution in [3.05, 3.63) is 148 Å². The molecule has 30 heteroatoms. The molecule has 2 saturated carbocycles. The van der Waals surface area contributed by atoms with E-state index >= 15 is 0 Å². The maximum Gasteiger partial charge on any atom is 0.433 e. The van der Waals surface area contributed by atoms with E-state index in [-0.39, 0.29) is 97.2 Å². The number of nitrogens with zero attached hydrogens (tertiary/aromatic N) is 2.